The van der Waals surface area contributed by atoms with E-state index in [2.05, 4.69) is 5.10 Å². The minimum Gasteiger partial charge on any atom is -0.319 e. The molecule has 2 rings (SSSR count). The van der Waals surface area contributed by atoms with Crippen LogP contribution in [0.25, 0.3) is 0 Å². The Morgan fingerprint density at radius 2 is 1.84 bits per heavy atom. The summed E-state index contributed by atoms with van der Waals surface area (Å²) in [6.45, 7) is 4.03. The van der Waals surface area contributed by atoms with Gasteiger partial charge >= 0.3 is 0 Å². The first-order valence-corrected chi connectivity index (χ1v) is 6.99. The number of benzene rings is 1. The normalized spacial score (nSPS) is 13.0. The van der Waals surface area contributed by atoms with Crippen molar-refractivity contribution in [3.8, 4) is 0 Å². The Morgan fingerprint density at radius 1 is 1.16 bits per heavy atom. The molecule has 0 spiro atoms. The zero-order valence-corrected chi connectivity index (χ0v) is 12.8. The van der Waals surface area contributed by atoms with E-state index in [-0.39, 0.29) is 6.04 Å². The van der Waals surface area contributed by atoms with E-state index in [1.807, 2.05) is 26.0 Å². The number of hydrogen-bond donors (Lipinski definition) is 1. The maximum atomic E-state index is 6.28. The molecule has 102 valence electrons. The van der Waals surface area contributed by atoms with Crippen LogP contribution in [0.3, 0.4) is 0 Å². The molecule has 3 nitrogen and oxygen atoms in total. The van der Waals surface area contributed by atoms with Gasteiger partial charge in [-0.2, -0.15) is 5.10 Å². The van der Waals surface area contributed by atoms with E-state index in [4.69, 9.17) is 40.5 Å². The summed E-state index contributed by atoms with van der Waals surface area (Å²) in [5, 5.41) is 5.69. The number of nitrogens with zero attached hydrogens (tertiary/aromatic N) is 2. The lowest BCUT2D eigenvalue weighted by Gasteiger charge is -2.19. The molecule has 0 saturated heterocycles. The highest BCUT2D eigenvalue weighted by molar-refractivity contribution is 6.42. The Morgan fingerprint density at radius 3 is 2.47 bits per heavy atom. The second kappa shape index (κ2) is 5.71. The van der Waals surface area contributed by atoms with Crippen molar-refractivity contribution in [2.45, 2.75) is 25.9 Å². The van der Waals surface area contributed by atoms with E-state index in [1.165, 1.54) is 0 Å². The lowest BCUT2D eigenvalue weighted by atomic mass is 10.0. The van der Waals surface area contributed by atoms with E-state index in [0.29, 0.717) is 15.1 Å². The Labute approximate surface area is 127 Å². The minimum absolute atomic E-state index is 0.159. The number of aromatic nitrogens is 2. The van der Waals surface area contributed by atoms with E-state index >= 15 is 0 Å². The fourth-order valence-corrected chi connectivity index (χ4v) is 2.63. The van der Waals surface area contributed by atoms with Crippen LogP contribution in [-0.4, -0.2) is 9.78 Å². The SMILES string of the molecule is CC(C)n1ncc(Cl)c1C(N)c1cccc(Cl)c1Cl. The molecule has 0 radical (unpaired) electrons. The molecule has 0 amide bonds. The average molecular weight is 319 g/mol. The largest absolute Gasteiger partial charge is 0.319 e. The summed E-state index contributed by atoms with van der Waals surface area (Å²) in [4.78, 5) is 0. The molecule has 0 bridgehead atoms. The molecule has 19 heavy (non-hydrogen) atoms. The summed E-state index contributed by atoms with van der Waals surface area (Å²) in [5.74, 6) is 0. The van der Waals surface area contributed by atoms with Gasteiger partial charge in [-0.05, 0) is 25.5 Å². The van der Waals surface area contributed by atoms with Gasteiger partial charge in [0.2, 0.25) is 0 Å². The summed E-state index contributed by atoms with van der Waals surface area (Å²) in [7, 11) is 0. The predicted molar refractivity (Wildman–Crippen MR) is 80.1 cm³/mol. The maximum Gasteiger partial charge on any atom is 0.0837 e. The first kappa shape index (κ1) is 14.7. The zero-order valence-electron chi connectivity index (χ0n) is 10.6. The van der Waals surface area contributed by atoms with Gasteiger partial charge in [-0.25, -0.2) is 0 Å². The van der Waals surface area contributed by atoms with Crippen molar-refractivity contribution in [1.29, 1.82) is 0 Å². The van der Waals surface area contributed by atoms with Gasteiger partial charge in [0.15, 0.2) is 0 Å². The van der Waals surface area contributed by atoms with Gasteiger partial charge in [0.1, 0.15) is 0 Å². The van der Waals surface area contributed by atoms with E-state index in [1.54, 1.807) is 16.9 Å². The zero-order chi connectivity index (χ0) is 14.2. The molecule has 1 atom stereocenters. The molecule has 1 aromatic carbocycles. The fraction of sp³-hybridized carbons (Fsp3) is 0.308. The lowest BCUT2D eigenvalue weighted by molar-refractivity contribution is 0.499. The molecule has 1 unspecified atom stereocenters. The molecular weight excluding hydrogens is 305 g/mol. The van der Waals surface area contributed by atoms with Crippen molar-refractivity contribution in [3.63, 3.8) is 0 Å². The minimum atomic E-state index is -0.469. The van der Waals surface area contributed by atoms with Gasteiger partial charge in [-0.15, -0.1) is 0 Å². The van der Waals surface area contributed by atoms with Crippen LogP contribution in [-0.2, 0) is 0 Å². The number of hydrogen-bond acceptors (Lipinski definition) is 2. The topological polar surface area (TPSA) is 43.8 Å². The second-order valence-corrected chi connectivity index (χ2v) is 5.73. The smallest absolute Gasteiger partial charge is 0.0837 e. The quantitative estimate of drug-likeness (QED) is 0.907. The molecule has 0 aliphatic heterocycles. The highest BCUT2D eigenvalue weighted by Gasteiger charge is 2.22. The third-order valence-corrected chi connectivity index (χ3v) is 4.01. The molecule has 0 saturated carbocycles. The van der Waals surface area contributed by atoms with Crippen molar-refractivity contribution in [2.75, 3.05) is 0 Å². The van der Waals surface area contributed by atoms with Crippen LogP contribution >= 0.6 is 34.8 Å². The number of rotatable bonds is 3. The van der Waals surface area contributed by atoms with Crippen LogP contribution in [0.4, 0.5) is 0 Å². The molecule has 6 heteroatoms. The first-order chi connectivity index (χ1) is 8.93. The first-order valence-electron chi connectivity index (χ1n) is 5.86. The molecule has 0 aliphatic rings. The number of nitrogens with two attached hydrogens (primary N) is 1. The van der Waals surface area contributed by atoms with Gasteiger partial charge in [0.25, 0.3) is 0 Å². The summed E-state index contributed by atoms with van der Waals surface area (Å²) < 4.78 is 1.80. The van der Waals surface area contributed by atoms with Gasteiger partial charge in [-0.3, -0.25) is 4.68 Å². The fourth-order valence-electron chi connectivity index (χ4n) is 1.96. The summed E-state index contributed by atoms with van der Waals surface area (Å²) in [5.41, 5.74) is 7.75. The third kappa shape index (κ3) is 2.75. The van der Waals surface area contributed by atoms with Crippen LogP contribution in [0, 0.1) is 0 Å². The standard InChI is InChI=1S/C13H14Cl3N3/c1-7(2)19-13(10(15)6-18-19)12(17)8-4-3-5-9(14)11(8)16/h3-7,12H,17H2,1-2H3. The van der Waals surface area contributed by atoms with Crippen LogP contribution < -0.4 is 5.73 Å². The van der Waals surface area contributed by atoms with Crippen molar-refractivity contribution >= 4 is 34.8 Å². The second-order valence-electron chi connectivity index (χ2n) is 4.54. The molecular formula is C13H14Cl3N3. The van der Waals surface area contributed by atoms with Crippen LogP contribution in [0.1, 0.15) is 37.2 Å². The molecule has 0 fully saturated rings. The monoisotopic (exact) mass is 317 g/mol. The molecule has 2 N–H and O–H groups in total. The van der Waals surface area contributed by atoms with Gasteiger partial charge < -0.3 is 5.73 Å². The van der Waals surface area contributed by atoms with Crippen molar-refractivity contribution in [3.05, 3.63) is 50.7 Å². The van der Waals surface area contributed by atoms with Crippen molar-refractivity contribution in [2.24, 2.45) is 5.73 Å². The summed E-state index contributed by atoms with van der Waals surface area (Å²) >= 11 is 18.4. The Bertz CT molecular complexity index is 593. The van der Waals surface area contributed by atoms with Gasteiger partial charge in [0, 0.05) is 6.04 Å². The van der Waals surface area contributed by atoms with Gasteiger partial charge in [0.05, 0.1) is 33.0 Å². The van der Waals surface area contributed by atoms with E-state index in [0.717, 1.165) is 11.3 Å². The Balaban J connectivity index is 2.53. The van der Waals surface area contributed by atoms with Crippen LogP contribution in [0.2, 0.25) is 15.1 Å². The highest BCUT2D eigenvalue weighted by atomic mass is 35.5. The van der Waals surface area contributed by atoms with Gasteiger partial charge in [-0.1, -0.05) is 46.9 Å². The van der Waals surface area contributed by atoms with Crippen LogP contribution in [0.15, 0.2) is 24.4 Å². The molecule has 0 aliphatic carbocycles. The van der Waals surface area contributed by atoms with Crippen molar-refractivity contribution < 1.29 is 0 Å². The lowest BCUT2D eigenvalue weighted by Crippen LogP contribution is -2.19. The summed E-state index contributed by atoms with van der Waals surface area (Å²) in [6.07, 6.45) is 1.59. The maximum absolute atomic E-state index is 6.28. The van der Waals surface area contributed by atoms with Crippen molar-refractivity contribution in [1.82, 2.24) is 9.78 Å². The highest BCUT2D eigenvalue weighted by Crippen LogP contribution is 2.35. The van der Waals surface area contributed by atoms with E-state index < -0.39 is 6.04 Å². The summed E-state index contributed by atoms with van der Waals surface area (Å²) in [6, 6.07) is 5.07. The molecule has 1 heterocycles. The molecule has 2 aromatic rings. The Hall–Kier alpha value is -0.740. The third-order valence-electron chi connectivity index (χ3n) is 2.89. The van der Waals surface area contributed by atoms with E-state index in [9.17, 15) is 0 Å². The average Bonchev–Trinajstić information content (AvgIpc) is 2.74. The molecule has 1 aromatic heterocycles. The predicted octanol–water partition coefficient (Wildman–Crippen LogP) is 4.47. The Kier molecular flexibility index (Phi) is 4.41. The van der Waals surface area contributed by atoms with Crippen LogP contribution in [0.5, 0.6) is 0 Å². The number of halogens is 3.